The van der Waals surface area contributed by atoms with E-state index in [-0.39, 0.29) is 0 Å². The predicted molar refractivity (Wildman–Crippen MR) is 78.8 cm³/mol. The van der Waals surface area contributed by atoms with Gasteiger partial charge in [0.1, 0.15) is 0 Å². The Bertz CT molecular complexity index is 322. The molecular weight excluding hydrogens is 226 g/mol. The van der Waals surface area contributed by atoms with Crippen molar-refractivity contribution in [1.82, 2.24) is 5.32 Å². The van der Waals surface area contributed by atoms with Gasteiger partial charge in [-0.3, -0.25) is 0 Å². The average molecular weight is 251 g/mol. The Kier molecular flexibility index (Phi) is 6.68. The third-order valence-corrected chi connectivity index (χ3v) is 3.78. The summed E-state index contributed by atoms with van der Waals surface area (Å²) in [4.78, 5) is 1.37. The molecule has 0 aliphatic heterocycles. The number of hydrogen-bond donors (Lipinski definition) is 1. The predicted octanol–water partition coefficient (Wildman–Crippen LogP) is 3.98. The maximum absolute atomic E-state index is 3.54. The van der Waals surface area contributed by atoms with Crippen molar-refractivity contribution < 1.29 is 0 Å². The van der Waals surface area contributed by atoms with Crippen LogP contribution in [0.15, 0.2) is 29.2 Å². The fraction of sp³-hybridized carbons (Fsp3) is 0.600. The quantitative estimate of drug-likeness (QED) is 0.736. The Morgan fingerprint density at radius 1 is 1.29 bits per heavy atom. The van der Waals surface area contributed by atoms with Crippen LogP contribution in [0.4, 0.5) is 0 Å². The minimum absolute atomic E-state index is 0.585. The Morgan fingerprint density at radius 3 is 2.65 bits per heavy atom. The Morgan fingerprint density at radius 2 is 2.06 bits per heavy atom. The maximum atomic E-state index is 3.54. The minimum Gasteiger partial charge on any atom is -0.314 e. The molecule has 1 rings (SSSR count). The van der Waals surface area contributed by atoms with Crippen LogP contribution in [0, 0.1) is 5.92 Å². The lowest BCUT2D eigenvalue weighted by molar-refractivity contribution is 0.435. The van der Waals surface area contributed by atoms with E-state index in [0.717, 1.165) is 12.5 Å². The van der Waals surface area contributed by atoms with Gasteiger partial charge in [0.25, 0.3) is 0 Å². The van der Waals surface area contributed by atoms with Crippen LogP contribution in [0.1, 0.15) is 32.8 Å². The van der Waals surface area contributed by atoms with E-state index in [1.54, 1.807) is 0 Å². The summed E-state index contributed by atoms with van der Waals surface area (Å²) in [5, 5.41) is 3.54. The van der Waals surface area contributed by atoms with Crippen LogP contribution >= 0.6 is 11.8 Å². The van der Waals surface area contributed by atoms with E-state index in [2.05, 4.69) is 56.6 Å². The zero-order valence-electron chi connectivity index (χ0n) is 11.5. The molecule has 0 aromatic heterocycles. The summed E-state index contributed by atoms with van der Waals surface area (Å²) in [5.74, 6) is 0.745. The average Bonchev–Trinajstić information content (AvgIpc) is 2.34. The largest absolute Gasteiger partial charge is 0.314 e. The minimum atomic E-state index is 0.585. The number of rotatable bonds is 7. The number of hydrogen-bond acceptors (Lipinski definition) is 2. The summed E-state index contributed by atoms with van der Waals surface area (Å²) in [6.07, 6.45) is 4.56. The molecule has 0 fully saturated rings. The van der Waals surface area contributed by atoms with Gasteiger partial charge in [0.2, 0.25) is 0 Å². The van der Waals surface area contributed by atoms with Crippen molar-refractivity contribution in [2.75, 3.05) is 12.8 Å². The van der Waals surface area contributed by atoms with Crippen LogP contribution in [0.25, 0.3) is 0 Å². The van der Waals surface area contributed by atoms with Crippen LogP contribution in [0.3, 0.4) is 0 Å². The van der Waals surface area contributed by atoms with Gasteiger partial charge < -0.3 is 5.32 Å². The van der Waals surface area contributed by atoms with E-state index in [1.165, 1.54) is 23.3 Å². The first-order valence-corrected chi connectivity index (χ1v) is 7.74. The fourth-order valence-electron chi connectivity index (χ4n) is 1.90. The molecule has 2 heteroatoms. The molecule has 1 atom stereocenters. The van der Waals surface area contributed by atoms with Gasteiger partial charge in [-0.1, -0.05) is 39.3 Å². The van der Waals surface area contributed by atoms with Gasteiger partial charge in [0, 0.05) is 10.9 Å². The van der Waals surface area contributed by atoms with Crippen molar-refractivity contribution in [1.29, 1.82) is 0 Å². The molecule has 96 valence electrons. The zero-order chi connectivity index (χ0) is 12.7. The van der Waals surface area contributed by atoms with Crippen molar-refractivity contribution in [3.63, 3.8) is 0 Å². The number of nitrogens with one attached hydrogen (secondary N) is 1. The van der Waals surface area contributed by atoms with Gasteiger partial charge in [-0.2, -0.15) is 0 Å². The molecule has 1 nitrogen and oxygen atoms in total. The molecule has 0 saturated heterocycles. The van der Waals surface area contributed by atoms with Crippen LogP contribution in [0.5, 0.6) is 0 Å². The summed E-state index contributed by atoms with van der Waals surface area (Å²) in [6, 6.07) is 9.51. The fourth-order valence-corrected chi connectivity index (χ4v) is 2.38. The highest BCUT2D eigenvalue weighted by Gasteiger charge is 2.08. The van der Waals surface area contributed by atoms with Crippen molar-refractivity contribution in [3.05, 3.63) is 29.8 Å². The number of thioether (sulfide) groups is 1. The maximum Gasteiger partial charge on any atom is 0.00718 e. The Hall–Kier alpha value is -0.470. The third-order valence-electron chi connectivity index (χ3n) is 3.05. The highest BCUT2D eigenvalue weighted by molar-refractivity contribution is 7.98. The molecule has 0 amide bonds. The second-order valence-electron chi connectivity index (χ2n) is 4.89. The second kappa shape index (κ2) is 7.78. The van der Waals surface area contributed by atoms with Crippen LogP contribution in [-0.2, 0) is 6.42 Å². The highest BCUT2D eigenvalue weighted by atomic mass is 32.2. The van der Waals surface area contributed by atoms with Crippen LogP contribution in [-0.4, -0.2) is 18.8 Å². The molecule has 1 unspecified atom stereocenters. The van der Waals surface area contributed by atoms with E-state index in [9.17, 15) is 0 Å². The molecule has 1 aromatic carbocycles. The first-order valence-electron chi connectivity index (χ1n) is 6.52. The normalized spacial score (nSPS) is 13.0. The van der Waals surface area contributed by atoms with Crippen molar-refractivity contribution in [3.8, 4) is 0 Å². The van der Waals surface area contributed by atoms with Crippen molar-refractivity contribution >= 4 is 11.8 Å². The van der Waals surface area contributed by atoms with Crippen LogP contribution < -0.4 is 5.32 Å². The van der Waals surface area contributed by atoms with Crippen molar-refractivity contribution in [2.45, 2.75) is 44.6 Å². The highest BCUT2D eigenvalue weighted by Crippen LogP contribution is 2.19. The van der Waals surface area contributed by atoms with E-state index < -0.39 is 0 Å². The van der Waals surface area contributed by atoms with Gasteiger partial charge >= 0.3 is 0 Å². The molecular formula is C15H25NS. The molecule has 0 bridgehead atoms. The summed E-state index contributed by atoms with van der Waals surface area (Å²) in [7, 11) is 0. The molecule has 17 heavy (non-hydrogen) atoms. The van der Waals surface area contributed by atoms with Gasteiger partial charge in [-0.15, -0.1) is 11.8 Å². The lowest BCUT2D eigenvalue weighted by Crippen LogP contribution is -2.29. The van der Waals surface area contributed by atoms with Crippen LogP contribution in [0.2, 0.25) is 0 Å². The summed E-state index contributed by atoms with van der Waals surface area (Å²) in [5.41, 5.74) is 1.47. The molecule has 0 spiro atoms. The summed E-state index contributed by atoms with van der Waals surface area (Å²) < 4.78 is 0. The molecule has 0 aliphatic carbocycles. The first-order chi connectivity index (χ1) is 8.15. The molecule has 0 heterocycles. The molecule has 0 saturated carbocycles. The standard InChI is InChI=1S/C15H25NS/c1-5-13(11-16-12(2)3)9-14-7-6-8-15(10-14)17-4/h6-8,10,12-13,16H,5,9,11H2,1-4H3. The number of benzene rings is 1. The lowest BCUT2D eigenvalue weighted by atomic mass is 9.96. The molecule has 1 N–H and O–H groups in total. The van der Waals surface area contributed by atoms with Gasteiger partial charge in [0.15, 0.2) is 0 Å². The van der Waals surface area contributed by atoms with E-state index in [1.807, 2.05) is 11.8 Å². The topological polar surface area (TPSA) is 12.0 Å². The summed E-state index contributed by atoms with van der Waals surface area (Å²) in [6.45, 7) is 7.82. The van der Waals surface area contributed by atoms with Crippen molar-refractivity contribution in [2.24, 2.45) is 5.92 Å². The molecule has 1 aromatic rings. The lowest BCUT2D eigenvalue weighted by Gasteiger charge is -2.18. The Labute approximate surface area is 110 Å². The van der Waals surface area contributed by atoms with Gasteiger partial charge in [0.05, 0.1) is 0 Å². The van der Waals surface area contributed by atoms with Gasteiger partial charge in [-0.05, 0) is 42.8 Å². The van der Waals surface area contributed by atoms with Gasteiger partial charge in [-0.25, -0.2) is 0 Å². The molecule has 0 radical (unpaired) electrons. The van der Waals surface area contributed by atoms with E-state index in [4.69, 9.17) is 0 Å². The molecule has 0 aliphatic rings. The zero-order valence-corrected chi connectivity index (χ0v) is 12.3. The smallest absolute Gasteiger partial charge is 0.00718 e. The second-order valence-corrected chi connectivity index (χ2v) is 5.77. The SMILES string of the molecule is CCC(CNC(C)C)Cc1cccc(SC)c1. The summed E-state index contributed by atoms with van der Waals surface area (Å²) >= 11 is 1.82. The third kappa shape index (κ3) is 5.60. The van der Waals surface area contributed by atoms with E-state index in [0.29, 0.717) is 6.04 Å². The Balaban J connectivity index is 2.54. The monoisotopic (exact) mass is 251 g/mol. The first kappa shape index (κ1) is 14.6. The van der Waals surface area contributed by atoms with E-state index >= 15 is 0 Å².